The quantitative estimate of drug-likeness (QED) is 0.320. The number of β-amino-alcohol motifs (C(OH)–C–C–N with tert-alkyl or cyclic N) is 1. The van der Waals surface area contributed by atoms with Crippen molar-refractivity contribution in [2.24, 2.45) is 0 Å². The Balaban J connectivity index is 1.15. The highest BCUT2D eigenvalue weighted by Crippen LogP contribution is 2.31. The number of fused-ring (bicyclic) bond motifs is 2. The molecule has 1 saturated heterocycles. The Hall–Kier alpha value is -3.35. The number of furan rings is 1. The number of aliphatic hydroxyl groups excluding tert-OH is 1. The van der Waals surface area contributed by atoms with Crippen molar-refractivity contribution in [3.8, 4) is 5.75 Å². The molecular formula is C31H36N2O4. The second kappa shape index (κ2) is 11.4. The predicted octanol–water partition coefficient (Wildman–Crippen LogP) is 5.69. The number of carbonyl (C=O) groups is 1. The standard InChI is InChI=1S/C31H36N2O4/c1-3-33(4-2)31(35)30-19-27-28(10-7-11-29(27)37-30)36-21-26(34)20-32-16-14-23(15-17-32)25-13-12-22-8-5-6-9-24(22)18-25/h5-13,18-19,23,26,34H,3-4,14-17,20-21H2,1-2H3/t26-/m0/s1. The second-order valence-corrected chi connectivity index (χ2v) is 9.90. The molecule has 37 heavy (non-hydrogen) atoms. The number of rotatable bonds is 9. The van der Waals surface area contributed by atoms with Gasteiger partial charge in [-0.25, -0.2) is 0 Å². The molecule has 0 aliphatic carbocycles. The molecule has 1 atom stereocenters. The average molecular weight is 501 g/mol. The van der Waals surface area contributed by atoms with Crippen molar-refractivity contribution in [1.29, 1.82) is 0 Å². The SMILES string of the molecule is CCN(CC)C(=O)c1cc2c(OC[C@@H](O)CN3CCC(c4ccc5ccccc5c4)CC3)cccc2o1. The summed E-state index contributed by atoms with van der Waals surface area (Å²) >= 11 is 0. The van der Waals surface area contributed by atoms with Crippen molar-refractivity contribution < 1.29 is 19.1 Å². The Labute approximate surface area is 218 Å². The highest BCUT2D eigenvalue weighted by molar-refractivity contribution is 5.97. The molecule has 194 valence electrons. The maximum atomic E-state index is 12.7. The Morgan fingerprint density at radius 2 is 1.78 bits per heavy atom. The summed E-state index contributed by atoms with van der Waals surface area (Å²) in [5.41, 5.74) is 2.02. The van der Waals surface area contributed by atoms with Gasteiger partial charge in [-0.15, -0.1) is 0 Å². The Morgan fingerprint density at radius 3 is 2.54 bits per heavy atom. The minimum atomic E-state index is -0.601. The van der Waals surface area contributed by atoms with Crippen LogP contribution in [0.2, 0.25) is 0 Å². The van der Waals surface area contributed by atoms with Crippen LogP contribution in [0.5, 0.6) is 5.75 Å². The maximum Gasteiger partial charge on any atom is 0.289 e. The molecule has 1 amide bonds. The van der Waals surface area contributed by atoms with Crippen molar-refractivity contribution >= 4 is 27.6 Å². The van der Waals surface area contributed by atoms with Crippen LogP contribution in [0.3, 0.4) is 0 Å². The van der Waals surface area contributed by atoms with E-state index in [9.17, 15) is 9.90 Å². The van der Waals surface area contributed by atoms with Crippen molar-refractivity contribution in [2.75, 3.05) is 39.3 Å². The molecule has 6 nitrogen and oxygen atoms in total. The van der Waals surface area contributed by atoms with Gasteiger partial charge in [-0.05, 0) is 74.2 Å². The van der Waals surface area contributed by atoms with Crippen LogP contribution in [0, 0.1) is 0 Å². The molecule has 0 unspecified atom stereocenters. The molecule has 2 heterocycles. The van der Waals surface area contributed by atoms with E-state index in [-0.39, 0.29) is 12.5 Å². The summed E-state index contributed by atoms with van der Waals surface area (Å²) in [6.45, 7) is 7.85. The molecule has 0 spiro atoms. The molecule has 6 heteroatoms. The summed E-state index contributed by atoms with van der Waals surface area (Å²) in [5.74, 6) is 1.36. The number of ether oxygens (including phenoxy) is 1. The van der Waals surface area contributed by atoms with Crippen LogP contribution in [-0.2, 0) is 0 Å². The van der Waals surface area contributed by atoms with Gasteiger partial charge < -0.3 is 24.1 Å². The molecule has 1 fully saturated rings. The summed E-state index contributed by atoms with van der Waals surface area (Å²) in [6.07, 6.45) is 1.57. The summed E-state index contributed by atoms with van der Waals surface area (Å²) in [5, 5.41) is 14.0. The van der Waals surface area contributed by atoms with E-state index in [1.165, 1.54) is 16.3 Å². The molecule has 1 aliphatic heterocycles. The molecule has 1 aliphatic rings. The van der Waals surface area contributed by atoms with Crippen LogP contribution in [0.15, 0.2) is 71.1 Å². The Kier molecular flexibility index (Phi) is 7.77. The summed E-state index contributed by atoms with van der Waals surface area (Å²) in [7, 11) is 0. The van der Waals surface area contributed by atoms with E-state index in [1.807, 2.05) is 32.0 Å². The highest BCUT2D eigenvalue weighted by Gasteiger charge is 2.23. The molecule has 3 aromatic carbocycles. The molecule has 5 rings (SSSR count). The summed E-state index contributed by atoms with van der Waals surface area (Å²) < 4.78 is 11.8. The van der Waals surface area contributed by atoms with Gasteiger partial charge in [0.05, 0.1) is 5.39 Å². The highest BCUT2D eigenvalue weighted by atomic mass is 16.5. The maximum absolute atomic E-state index is 12.7. The van der Waals surface area contributed by atoms with Crippen molar-refractivity contribution in [2.45, 2.75) is 38.7 Å². The van der Waals surface area contributed by atoms with Crippen LogP contribution in [0.4, 0.5) is 0 Å². The Bertz CT molecular complexity index is 1350. The number of benzene rings is 3. The van der Waals surface area contributed by atoms with Gasteiger partial charge in [-0.3, -0.25) is 4.79 Å². The Morgan fingerprint density at radius 1 is 1.03 bits per heavy atom. The van der Waals surface area contributed by atoms with Gasteiger partial charge in [0.2, 0.25) is 0 Å². The largest absolute Gasteiger partial charge is 0.490 e. The van der Waals surface area contributed by atoms with Crippen molar-refractivity contribution in [3.05, 3.63) is 78.1 Å². The van der Waals surface area contributed by atoms with E-state index in [4.69, 9.17) is 9.15 Å². The summed E-state index contributed by atoms with van der Waals surface area (Å²) in [6, 6.07) is 22.6. The van der Waals surface area contributed by atoms with Gasteiger partial charge >= 0.3 is 0 Å². The van der Waals surface area contributed by atoms with Gasteiger partial charge in [0.15, 0.2) is 5.76 Å². The van der Waals surface area contributed by atoms with Gasteiger partial charge in [0.25, 0.3) is 5.91 Å². The monoisotopic (exact) mass is 500 g/mol. The number of likely N-dealkylation sites (tertiary alicyclic amines) is 1. The molecule has 4 aromatic rings. The average Bonchev–Trinajstić information content (AvgIpc) is 3.38. The molecule has 0 saturated carbocycles. The third-order valence-electron chi connectivity index (χ3n) is 7.52. The van der Waals surface area contributed by atoms with E-state index < -0.39 is 6.10 Å². The fraction of sp³-hybridized carbons (Fsp3) is 0.387. The van der Waals surface area contributed by atoms with Crippen LogP contribution in [0.1, 0.15) is 48.7 Å². The first-order valence-electron chi connectivity index (χ1n) is 13.4. The minimum Gasteiger partial charge on any atom is -0.490 e. The molecule has 0 bridgehead atoms. The van der Waals surface area contributed by atoms with Crippen LogP contribution in [-0.4, -0.2) is 66.2 Å². The lowest BCUT2D eigenvalue weighted by atomic mass is 9.88. The van der Waals surface area contributed by atoms with Crippen LogP contribution in [0.25, 0.3) is 21.7 Å². The smallest absolute Gasteiger partial charge is 0.289 e. The molecule has 1 aromatic heterocycles. The van der Waals surface area contributed by atoms with E-state index in [0.29, 0.717) is 42.6 Å². The third-order valence-corrected chi connectivity index (χ3v) is 7.52. The van der Waals surface area contributed by atoms with E-state index in [2.05, 4.69) is 47.4 Å². The van der Waals surface area contributed by atoms with Crippen LogP contribution < -0.4 is 4.74 Å². The zero-order valence-corrected chi connectivity index (χ0v) is 21.7. The van der Waals surface area contributed by atoms with Gasteiger partial charge in [-0.1, -0.05) is 48.5 Å². The lowest BCUT2D eigenvalue weighted by Crippen LogP contribution is -2.40. The lowest BCUT2D eigenvalue weighted by molar-refractivity contribution is 0.0599. The third kappa shape index (κ3) is 5.65. The zero-order valence-electron chi connectivity index (χ0n) is 21.7. The lowest BCUT2D eigenvalue weighted by Gasteiger charge is -2.33. The number of hydrogen-bond acceptors (Lipinski definition) is 5. The first kappa shape index (κ1) is 25.3. The van der Waals surface area contributed by atoms with E-state index >= 15 is 0 Å². The number of carbonyl (C=O) groups excluding carboxylic acids is 1. The van der Waals surface area contributed by atoms with Gasteiger partial charge in [-0.2, -0.15) is 0 Å². The van der Waals surface area contributed by atoms with Crippen molar-refractivity contribution in [1.82, 2.24) is 9.80 Å². The van der Waals surface area contributed by atoms with E-state index in [1.54, 1.807) is 11.0 Å². The predicted molar refractivity (Wildman–Crippen MR) is 147 cm³/mol. The summed E-state index contributed by atoms with van der Waals surface area (Å²) in [4.78, 5) is 16.7. The number of aliphatic hydroxyl groups is 1. The van der Waals surface area contributed by atoms with Crippen molar-refractivity contribution in [3.63, 3.8) is 0 Å². The van der Waals surface area contributed by atoms with Gasteiger partial charge in [0, 0.05) is 25.7 Å². The van der Waals surface area contributed by atoms with Gasteiger partial charge in [0.1, 0.15) is 24.0 Å². The number of hydrogen-bond donors (Lipinski definition) is 1. The second-order valence-electron chi connectivity index (χ2n) is 9.90. The minimum absolute atomic E-state index is 0.126. The first-order chi connectivity index (χ1) is 18.1. The first-order valence-corrected chi connectivity index (χ1v) is 13.4. The van der Waals surface area contributed by atoms with Crippen LogP contribution >= 0.6 is 0 Å². The zero-order chi connectivity index (χ0) is 25.8. The number of amides is 1. The number of piperidine rings is 1. The fourth-order valence-electron chi connectivity index (χ4n) is 5.38. The fourth-order valence-corrected chi connectivity index (χ4v) is 5.38. The molecule has 0 radical (unpaired) electrons. The topological polar surface area (TPSA) is 66.2 Å². The molecule has 1 N–H and O–H groups in total. The molecular weight excluding hydrogens is 464 g/mol. The number of nitrogens with zero attached hydrogens (tertiary/aromatic N) is 2. The normalized spacial score (nSPS) is 15.8. The van der Waals surface area contributed by atoms with E-state index in [0.717, 1.165) is 31.3 Å².